The van der Waals surface area contributed by atoms with Crippen molar-refractivity contribution in [2.45, 2.75) is 44.2 Å². The molecule has 2 saturated heterocycles. The van der Waals surface area contributed by atoms with E-state index in [9.17, 15) is 14.4 Å². The lowest BCUT2D eigenvalue weighted by Crippen LogP contribution is -2.53. The third-order valence-corrected chi connectivity index (χ3v) is 3.58. The van der Waals surface area contributed by atoms with Crippen molar-refractivity contribution in [2.24, 2.45) is 0 Å². The Morgan fingerprint density at radius 1 is 1.44 bits per heavy atom. The van der Waals surface area contributed by atoms with Crippen LogP contribution in [0.4, 0.5) is 0 Å². The smallest absolute Gasteiger partial charge is 0.251 e. The molecule has 6 nitrogen and oxygen atoms in total. The van der Waals surface area contributed by atoms with Gasteiger partial charge in [0.15, 0.2) is 0 Å². The van der Waals surface area contributed by atoms with Crippen LogP contribution < -0.4 is 10.6 Å². The molecule has 2 fully saturated rings. The third-order valence-electron chi connectivity index (χ3n) is 3.58. The molecule has 6 heteroatoms. The second-order valence-electron chi connectivity index (χ2n) is 4.95. The van der Waals surface area contributed by atoms with Gasteiger partial charge in [0.1, 0.15) is 6.04 Å². The Hall–Kier alpha value is -1.43. The van der Waals surface area contributed by atoms with E-state index in [0.29, 0.717) is 19.3 Å². The molecule has 2 atom stereocenters. The molecule has 0 radical (unpaired) electrons. The zero-order valence-electron chi connectivity index (χ0n) is 10.6. The monoisotopic (exact) mass is 253 g/mol. The van der Waals surface area contributed by atoms with Gasteiger partial charge in [0.2, 0.25) is 11.8 Å². The lowest BCUT2D eigenvalue weighted by Gasteiger charge is -2.28. The number of piperidine rings is 1. The molecule has 0 aliphatic carbocycles. The maximum Gasteiger partial charge on any atom is 0.251 e. The molecule has 2 aliphatic rings. The van der Waals surface area contributed by atoms with E-state index in [1.54, 1.807) is 0 Å². The molecule has 2 aliphatic heterocycles. The topological polar surface area (TPSA) is 78.5 Å². The molecule has 2 rings (SSSR count). The highest BCUT2D eigenvalue weighted by atomic mass is 16.2. The summed E-state index contributed by atoms with van der Waals surface area (Å²) in [5.74, 6) is -0.600. The molecular formula is C12H19N3O3. The van der Waals surface area contributed by atoms with E-state index in [0.717, 1.165) is 24.3 Å². The number of hydrogen-bond donors (Lipinski definition) is 2. The molecule has 0 bridgehead atoms. The van der Waals surface area contributed by atoms with Crippen LogP contribution in [0.15, 0.2) is 0 Å². The van der Waals surface area contributed by atoms with E-state index in [2.05, 4.69) is 10.6 Å². The van der Waals surface area contributed by atoms with Crippen molar-refractivity contribution < 1.29 is 14.4 Å². The number of likely N-dealkylation sites (N-methyl/N-ethyl adjacent to an activating group) is 1. The Bertz CT molecular complexity index is 364. The van der Waals surface area contributed by atoms with Crippen molar-refractivity contribution in [3.8, 4) is 0 Å². The first kappa shape index (κ1) is 13.0. The maximum absolute atomic E-state index is 11.8. The molecule has 0 spiro atoms. The Balaban J connectivity index is 1.83. The number of carbonyl (C=O) groups excluding carboxylic acids is 3. The summed E-state index contributed by atoms with van der Waals surface area (Å²) < 4.78 is 0. The van der Waals surface area contributed by atoms with Crippen LogP contribution >= 0.6 is 0 Å². The molecule has 0 aromatic carbocycles. The van der Waals surface area contributed by atoms with Gasteiger partial charge in [-0.2, -0.15) is 0 Å². The van der Waals surface area contributed by atoms with Gasteiger partial charge >= 0.3 is 0 Å². The lowest BCUT2D eigenvalue weighted by molar-refractivity contribution is -0.149. The molecule has 0 aromatic heterocycles. The largest absolute Gasteiger partial charge is 0.344 e. The fourth-order valence-corrected chi connectivity index (χ4v) is 2.46. The lowest BCUT2D eigenvalue weighted by atomic mass is 10.0. The van der Waals surface area contributed by atoms with Crippen LogP contribution in [0.5, 0.6) is 0 Å². The highest BCUT2D eigenvalue weighted by molar-refractivity contribution is 6.01. The standard InChI is InChI=1S/C12H19N3O3/c1-15-11(17)5-4-9(12(15)18)14-10(16)7-8-3-2-6-13-8/h8-9,13H,2-7H2,1H3,(H,14,16). The average molecular weight is 253 g/mol. The maximum atomic E-state index is 11.8. The number of amides is 3. The Labute approximate surface area is 106 Å². The first-order valence-electron chi connectivity index (χ1n) is 6.41. The summed E-state index contributed by atoms with van der Waals surface area (Å²) >= 11 is 0. The number of rotatable bonds is 3. The predicted molar refractivity (Wildman–Crippen MR) is 64.6 cm³/mol. The number of nitrogens with zero attached hydrogens (tertiary/aromatic N) is 1. The predicted octanol–water partition coefficient (Wildman–Crippen LogP) is -0.608. The van der Waals surface area contributed by atoms with Gasteiger partial charge in [0, 0.05) is 25.9 Å². The molecule has 2 heterocycles. The van der Waals surface area contributed by atoms with Gasteiger partial charge in [0.05, 0.1) is 0 Å². The summed E-state index contributed by atoms with van der Waals surface area (Å²) in [6, 6.07) is -0.315. The average Bonchev–Trinajstić information content (AvgIpc) is 2.83. The van der Waals surface area contributed by atoms with E-state index in [1.165, 1.54) is 7.05 Å². The van der Waals surface area contributed by atoms with Crippen molar-refractivity contribution in [1.29, 1.82) is 0 Å². The van der Waals surface area contributed by atoms with Crippen molar-refractivity contribution in [3.63, 3.8) is 0 Å². The molecular weight excluding hydrogens is 234 g/mol. The van der Waals surface area contributed by atoms with Crippen LogP contribution in [0, 0.1) is 0 Å². The minimum absolute atomic E-state index is 0.115. The third kappa shape index (κ3) is 2.87. The molecule has 0 aromatic rings. The summed E-state index contributed by atoms with van der Waals surface area (Å²) in [4.78, 5) is 36.0. The summed E-state index contributed by atoms with van der Waals surface area (Å²) in [6.07, 6.45) is 3.23. The van der Waals surface area contributed by atoms with Gasteiger partial charge in [-0.15, -0.1) is 0 Å². The summed E-state index contributed by atoms with van der Waals surface area (Å²) in [5, 5.41) is 5.97. The first-order valence-corrected chi connectivity index (χ1v) is 6.41. The normalized spacial score (nSPS) is 28.6. The number of carbonyl (C=O) groups is 3. The quantitative estimate of drug-likeness (QED) is 0.658. The van der Waals surface area contributed by atoms with Crippen LogP contribution in [-0.2, 0) is 14.4 Å². The van der Waals surface area contributed by atoms with Gasteiger partial charge in [-0.1, -0.05) is 0 Å². The van der Waals surface area contributed by atoms with Crippen molar-refractivity contribution in [3.05, 3.63) is 0 Å². The van der Waals surface area contributed by atoms with Gasteiger partial charge < -0.3 is 10.6 Å². The Kier molecular flexibility index (Phi) is 3.96. The summed E-state index contributed by atoms with van der Waals surface area (Å²) in [7, 11) is 1.46. The highest BCUT2D eigenvalue weighted by Gasteiger charge is 2.33. The van der Waals surface area contributed by atoms with Crippen LogP contribution in [0.3, 0.4) is 0 Å². The molecule has 0 saturated carbocycles. The fourth-order valence-electron chi connectivity index (χ4n) is 2.46. The van der Waals surface area contributed by atoms with Crippen LogP contribution in [0.25, 0.3) is 0 Å². The molecule has 3 amide bonds. The van der Waals surface area contributed by atoms with Crippen LogP contribution in [0.1, 0.15) is 32.1 Å². The van der Waals surface area contributed by atoms with Crippen LogP contribution in [0.2, 0.25) is 0 Å². The minimum atomic E-state index is -0.540. The van der Waals surface area contributed by atoms with E-state index < -0.39 is 6.04 Å². The van der Waals surface area contributed by atoms with E-state index >= 15 is 0 Å². The van der Waals surface area contributed by atoms with Crippen molar-refractivity contribution in [2.75, 3.05) is 13.6 Å². The molecule has 2 unspecified atom stereocenters. The van der Waals surface area contributed by atoms with Crippen molar-refractivity contribution in [1.82, 2.24) is 15.5 Å². The second kappa shape index (κ2) is 5.48. The van der Waals surface area contributed by atoms with E-state index in [1.807, 2.05) is 0 Å². The minimum Gasteiger partial charge on any atom is -0.344 e. The highest BCUT2D eigenvalue weighted by Crippen LogP contribution is 2.13. The van der Waals surface area contributed by atoms with Crippen molar-refractivity contribution >= 4 is 17.7 Å². The fraction of sp³-hybridized carbons (Fsp3) is 0.750. The SMILES string of the molecule is CN1C(=O)CCC(NC(=O)CC2CCCN2)C1=O. The van der Waals surface area contributed by atoms with E-state index in [4.69, 9.17) is 0 Å². The van der Waals surface area contributed by atoms with Gasteiger partial charge in [-0.25, -0.2) is 0 Å². The molecule has 100 valence electrons. The zero-order chi connectivity index (χ0) is 13.1. The number of hydrogen-bond acceptors (Lipinski definition) is 4. The first-order chi connectivity index (χ1) is 8.58. The molecule has 2 N–H and O–H groups in total. The Morgan fingerprint density at radius 3 is 2.89 bits per heavy atom. The van der Waals surface area contributed by atoms with Gasteiger partial charge in [-0.05, 0) is 25.8 Å². The van der Waals surface area contributed by atoms with E-state index in [-0.39, 0.29) is 23.8 Å². The number of nitrogens with one attached hydrogen (secondary N) is 2. The van der Waals surface area contributed by atoms with Gasteiger partial charge in [-0.3, -0.25) is 19.3 Å². The zero-order valence-corrected chi connectivity index (χ0v) is 10.6. The summed E-state index contributed by atoms with van der Waals surface area (Å²) in [5.41, 5.74) is 0. The van der Waals surface area contributed by atoms with Gasteiger partial charge in [0.25, 0.3) is 5.91 Å². The summed E-state index contributed by atoms with van der Waals surface area (Å²) in [6.45, 7) is 0.956. The number of likely N-dealkylation sites (tertiary alicyclic amines) is 1. The Morgan fingerprint density at radius 2 is 2.22 bits per heavy atom. The second-order valence-corrected chi connectivity index (χ2v) is 4.95. The molecule has 18 heavy (non-hydrogen) atoms. The number of imide groups is 1. The van der Waals surface area contributed by atoms with Crippen LogP contribution in [-0.4, -0.2) is 48.3 Å².